The van der Waals surface area contributed by atoms with E-state index in [1.807, 2.05) is 0 Å². The minimum atomic E-state index is -3.64. The zero-order valence-corrected chi connectivity index (χ0v) is 10.1. The van der Waals surface area contributed by atoms with Crippen LogP contribution in [0.25, 0.3) is 0 Å². The fourth-order valence-electron chi connectivity index (χ4n) is 1.13. The molecule has 0 aromatic carbocycles. The third-order valence-corrected chi connectivity index (χ3v) is 3.69. The number of halogens is 1. The predicted octanol–water partition coefficient (Wildman–Crippen LogP) is 2.27. The van der Waals surface area contributed by atoms with Gasteiger partial charge in [-0.2, -0.15) is 0 Å². The van der Waals surface area contributed by atoms with Crippen LogP contribution in [0.4, 0.5) is 4.39 Å². The van der Waals surface area contributed by atoms with Crippen LogP contribution in [-0.4, -0.2) is 31.8 Å². The second kappa shape index (κ2) is 4.47. The van der Waals surface area contributed by atoms with E-state index in [-0.39, 0.29) is 6.10 Å². The van der Waals surface area contributed by atoms with Gasteiger partial charge in [0.1, 0.15) is 12.7 Å². The monoisotopic (exact) mass is 242 g/mol. The van der Waals surface area contributed by atoms with E-state index in [9.17, 15) is 8.96 Å². The Balaban J connectivity index is 2.69. The Hall–Kier alpha value is -0.0000000000000000416. The molecule has 0 aliphatic carbocycles. The lowest BCUT2D eigenvalue weighted by molar-refractivity contribution is -0.223. The van der Waals surface area contributed by atoms with E-state index in [0.717, 1.165) is 0 Å². The average molecular weight is 242 g/mol. The normalized spacial score (nSPS) is 42.1. The molecule has 1 saturated heterocycles. The maximum absolute atomic E-state index is 13.7. The highest BCUT2D eigenvalue weighted by Crippen LogP contribution is 2.56. The average Bonchev–Trinajstić information content (AvgIpc) is 2.11. The van der Waals surface area contributed by atoms with Crippen LogP contribution in [-0.2, 0) is 22.9 Å². The van der Waals surface area contributed by atoms with Crippen molar-refractivity contribution in [1.29, 1.82) is 0 Å². The molecule has 0 aromatic heterocycles. The Morgan fingerprint density at radius 3 is 2.60 bits per heavy atom. The third-order valence-electron chi connectivity index (χ3n) is 1.99. The lowest BCUT2D eigenvalue weighted by atomic mass is 10.2. The van der Waals surface area contributed by atoms with Gasteiger partial charge >= 0.3 is 7.82 Å². The van der Waals surface area contributed by atoms with Crippen molar-refractivity contribution in [2.75, 3.05) is 13.7 Å². The number of hydrogen-bond acceptors (Lipinski definition) is 5. The molecule has 1 fully saturated rings. The summed E-state index contributed by atoms with van der Waals surface area (Å²) in [5.41, 5.74) is 0. The van der Waals surface area contributed by atoms with Crippen molar-refractivity contribution < 1.29 is 27.3 Å². The summed E-state index contributed by atoms with van der Waals surface area (Å²) in [6.07, 6.45) is -1.32. The summed E-state index contributed by atoms with van der Waals surface area (Å²) in [4.78, 5) is 0. The lowest BCUT2D eigenvalue weighted by Crippen LogP contribution is -2.46. The highest BCUT2D eigenvalue weighted by molar-refractivity contribution is 7.48. The molecule has 0 saturated carbocycles. The molecule has 0 radical (unpaired) electrons. The number of alkyl halides is 1. The van der Waals surface area contributed by atoms with E-state index in [1.165, 1.54) is 14.0 Å². The van der Waals surface area contributed by atoms with Crippen LogP contribution in [0.3, 0.4) is 0 Å². The van der Waals surface area contributed by atoms with Gasteiger partial charge in [0, 0.05) is 7.11 Å². The molecule has 3 atom stereocenters. The molecule has 1 aliphatic rings. The summed E-state index contributed by atoms with van der Waals surface area (Å²) in [6, 6.07) is 0. The van der Waals surface area contributed by atoms with Gasteiger partial charge in [0.15, 0.2) is 0 Å². The van der Waals surface area contributed by atoms with Crippen LogP contribution in [0.5, 0.6) is 0 Å². The predicted molar refractivity (Wildman–Crippen MR) is 51.2 cm³/mol. The fourth-order valence-corrected chi connectivity index (χ4v) is 2.69. The first-order chi connectivity index (χ1) is 6.81. The molecule has 5 nitrogen and oxygen atoms in total. The topological polar surface area (TPSA) is 54.0 Å². The van der Waals surface area contributed by atoms with E-state index >= 15 is 0 Å². The maximum Gasteiger partial charge on any atom is 0.475 e. The molecule has 0 aromatic rings. The molecular weight excluding hydrogens is 226 g/mol. The van der Waals surface area contributed by atoms with Crippen molar-refractivity contribution in [1.82, 2.24) is 0 Å². The molecular formula is C8H16FO5P. The number of hydrogen-bond donors (Lipinski definition) is 0. The van der Waals surface area contributed by atoms with Crippen LogP contribution in [0, 0.1) is 0 Å². The molecule has 1 unspecified atom stereocenters. The molecule has 0 N–H and O–H groups in total. The standard InChI is InChI=1S/C8H16FO5P/c1-6(2)13-15(10)12-5-8(9,11-4)7(3)14-15/h6-7H,5H2,1-4H3/t7-,8+,15?/m0/s1. The first-order valence-electron chi connectivity index (χ1n) is 4.67. The van der Waals surface area contributed by atoms with Gasteiger partial charge in [-0.25, -0.2) is 8.96 Å². The summed E-state index contributed by atoms with van der Waals surface area (Å²) in [5, 5.41) is 0. The summed E-state index contributed by atoms with van der Waals surface area (Å²) >= 11 is 0. The Morgan fingerprint density at radius 2 is 2.20 bits per heavy atom. The molecule has 7 heteroatoms. The van der Waals surface area contributed by atoms with Gasteiger partial charge in [0.25, 0.3) is 5.85 Å². The van der Waals surface area contributed by atoms with E-state index in [1.54, 1.807) is 13.8 Å². The van der Waals surface area contributed by atoms with Crippen molar-refractivity contribution >= 4 is 7.82 Å². The van der Waals surface area contributed by atoms with Crippen molar-refractivity contribution in [3.63, 3.8) is 0 Å². The zero-order chi connectivity index (χ0) is 11.7. The summed E-state index contributed by atoms with van der Waals surface area (Å²) in [7, 11) is -2.44. The van der Waals surface area contributed by atoms with Gasteiger partial charge in [-0.05, 0) is 20.8 Å². The first kappa shape index (κ1) is 13.1. The lowest BCUT2D eigenvalue weighted by Gasteiger charge is -2.37. The number of ether oxygens (including phenoxy) is 1. The van der Waals surface area contributed by atoms with Crippen molar-refractivity contribution in [3.05, 3.63) is 0 Å². The van der Waals surface area contributed by atoms with Gasteiger partial charge in [-0.1, -0.05) is 0 Å². The quantitative estimate of drug-likeness (QED) is 0.710. The Labute approximate surface area is 88.5 Å². The number of phosphoric ester groups is 1. The maximum atomic E-state index is 13.7. The van der Waals surface area contributed by atoms with Gasteiger partial charge in [0.05, 0.1) is 6.10 Å². The van der Waals surface area contributed by atoms with Crippen LogP contribution < -0.4 is 0 Å². The molecule has 0 amide bonds. The summed E-state index contributed by atoms with van der Waals surface area (Å²) in [6.45, 7) is 4.33. The van der Waals surface area contributed by atoms with Gasteiger partial charge in [-0.15, -0.1) is 0 Å². The highest BCUT2D eigenvalue weighted by Gasteiger charge is 2.50. The number of rotatable bonds is 3. The smallest absolute Gasteiger partial charge is 0.345 e. The van der Waals surface area contributed by atoms with E-state index in [4.69, 9.17) is 13.6 Å². The molecule has 15 heavy (non-hydrogen) atoms. The minimum absolute atomic E-state index is 0.322. The highest BCUT2D eigenvalue weighted by atomic mass is 31.2. The van der Waals surface area contributed by atoms with E-state index in [2.05, 4.69) is 4.74 Å². The van der Waals surface area contributed by atoms with Crippen LogP contribution >= 0.6 is 7.82 Å². The largest absolute Gasteiger partial charge is 0.475 e. The van der Waals surface area contributed by atoms with Gasteiger partial charge in [0.2, 0.25) is 0 Å². The Kier molecular flexibility index (Phi) is 3.90. The number of methoxy groups -OCH3 is 1. The summed E-state index contributed by atoms with van der Waals surface area (Å²) in [5.74, 6) is -2.08. The SMILES string of the molecule is CO[C@]1(F)COP(=O)(OC(C)C)O[C@H]1C. The molecule has 0 bridgehead atoms. The summed E-state index contributed by atoms with van der Waals surface area (Å²) < 4.78 is 44.7. The minimum Gasteiger partial charge on any atom is -0.345 e. The molecule has 0 spiro atoms. The Morgan fingerprint density at radius 1 is 1.60 bits per heavy atom. The van der Waals surface area contributed by atoms with E-state index < -0.39 is 26.4 Å². The van der Waals surface area contributed by atoms with Crippen LogP contribution in [0.15, 0.2) is 0 Å². The van der Waals surface area contributed by atoms with E-state index in [0.29, 0.717) is 0 Å². The van der Waals surface area contributed by atoms with Crippen molar-refractivity contribution in [2.24, 2.45) is 0 Å². The molecule has 90 valence electrons. The van der Waals surface area contributed by atoms with Crippen LogP contribution in [0.1, 0.15) is 20.8 Å². The van der Waals surface area contributed by atoms with Crippen molar-refractivity contribution in [2.45, 2.75) is 38.8 Å². The van der Waals surface area contributed by atoms with Gasteiger partial charge < -0.3 is 4.74 Å². The second-order valence-corrected chi connectivity index (χ2v) is 5.19. The van der Waals surface area contributed by atoms with Gasteiger partial charge in [-0.3, -0.25) is 13.6 Å². The van der Waals surface area contributed by atoms with Crippen molar-refractivity contribution in [3.8, 4) is 0 Å². The third kappa shape index (κ3) is 2.98. The zero-order valence-electron chi connectivity index (χ0n) is 9.23. The number of phosphoric acid groups is 1. The molecule has 1 rings (SSSR count). The second-order valence-electron chi connectivity index (χ2n) is 3.61. The molecule has 1 heterocycles. The molecule has 1 aliphatic heterocycles. The van der Waals surface area contributed by atoms with Crippen LogP contribution in [0.2, 0.25) is 0 Å². The first-order valence-corrected chi connectivity index (χ1v) is 6.13. The Bertz CT molecular complexity index is 272. The fraction of sp³-hybridized carbons (Fsp3) is 1.00.